The first kappa shape index (κ1) is 21.1. The van der Waals surface area contributed by atoms with Gasteiger partial charge >= 0.3 is 0 Å². The van der Waals surface area contributed by atoms with Crippen molar-refractivity contribution in [3.05, 3.63) is 72.1 Å². The van der Waals surface area contributed by atoms with Crippen molar-refractivity contribution >= 4 is 29.7 Å². The summed E-state index contributed by atoms with van der Waals surface area (Å²) in [4.78, 5) is 61.7. The summed E-state index contributed by atoms with van der Waals surface area (Å²) in [6.07, 6.45) is 5.24. The Bertz CT molecular complexity index is 1170. The molecule has 0 radical (unpaired) electrons. The summed E-state index contributed by atoms with van der Waals surface area (Å²) in [5, 5.41) is 0. The van der Waals surface area contributed by atoms with E-state index in [1.54, 1.807) is 31.3 Å². The summed E-state index contributed by atoms with van der Waals surface area (Å²) >= 11 is 0. The first-order valence-electron chi connectivity index (χ1n) is 10.9. The number of imide groups is 1. The van der Waals surface area contributed by atoms with Crippen molar-refractivity contribution in [2.24, 2.45) is 11.8 Å². The lowest BCUT2D eigenvalue weighted by atomic mass is 9.79. The number of carbonyl (C=O) groups excluding carboxylic acids is 4. The highest BCUT2D eigenvalue weighted by Crippen LogP contribution is 2.51. The number of aromatic nitrogens is 1. The number of hydrogen-bond acceptors (Lipinski definition) is 5. The number of amides is 4. The van der Waals surface area contributed by atoms with Crippen molar-refractivity contribution in [1.29, 1.82) is 0 Å². The van der Waals surface area contributed by atoms with Crippen LogP contribution in [-0.4, -0.2) is 68.5 Å². The zero-order valence-corrected chi connectivity index (χ0v) is 18.4. The maximum Gasteiger partial charge on any atom is 0.249 e. The van der Waals surface area contributed by atoms with E-state index in [-0.39, 0.29) is 30.8 Å². The lowest BCUT2D eigenvalue weighted by molar-refractivity contribution is -0.167. The summed E-state index contributed by atoms with van der Waals surface area (Å²) in [6.45, 7) is 1.66. The Labute approximate surface area is 191 Å². The maximum atomic E-state index is 13.8. The van der Waals surface area contributed by atoms with E-state index in [9.17, 15) is 19.2 Å². The fourth-order valence-corrected chi connectivity index (χ4v) is 5.48. The van der Waals surface area contributed by atoms with Crippen LogP contribution in [0.5, 0.6) is 0 Å². The highest BCUT2D eigenvalue weighted by atomic mass is 16.2. The quantitative estimate of drug-likeness (QED) is 0.664. The predicted molar refractivity (Wildman–Crippen MR) is 119 cm³/mol. The number of fused-ring (bicyclic) bond motifs is 3. The standard InChI is InChI=1S/C25H24N4O4/c1-25-21-20(22(31)27(2)23(21)32)18(12-11-16-8-4-3-5-9-16)29(25)19(30)15-28(24(25)33)14-17-10-6-7-13-26-17/h3-13,18,20-21H,14-15H2,1-2H3/b12-11+/t18-,20+,21-,25-/m1/s1. The first-order chi connectivity index (χ1) is 15.8. The average Bonchev–Trinajstić information content (AvgIpc) is 3.23. The number of piperazine rings is 1. The second-order valence-electron chi connectivity index (χ2n) is 8.89. The minimum Gasteiger partial charge on any atom is -0.325 e. The van der Waals surface area contributed by atoms with Gasteiger partial charge in [0.05, 0.1) is 30.1 Å². The van der Waals surface area contributed by atoms with Gasteiger partial charge in [-0.25, -0.2) is 0 Å². The number of carbonyl (C=O) groups is 4. The molecule has 1 aromatic heterocycles. The Morgan fingerprint density at radius 1 is 1.03 bits per heavy atom. The zero-order chi connectivity index (χ0) is 23.3. The number of hydrogen-bond donors (Lipinski definition) is 0. The van der Waals surface area contributed by atoms with Gasteiger partial charge in [-0.2, -0.15) is 0 Å². The van der Waals surface area contributed by atoms with Crippen LogP contribution in [0.1, 0.15) is 18.2 Å². The third-order valence-electron chi connectivity index (χ3n) is 7.02. The molecule has 0 bridgehead atoms. The van der Waals surface area contributed by atoms with Crippen LogP contribution < -0.4 is 0 Å². The highest BCUT2D eigenvalue weighted by molar-refractivity contribution is 6.12. The second-order valence-corrected chi connectivity index (χ2v) is 8.89. The minimum absolute atomic E-state index is 0.127. The van der Waals surface area contributed by atoms with Gasteiger partial charge in [0, 0.05) is 13.2 Å². The van der Waals surface area contributed by atoms with E-state index in [1.807, 2.05) is 42.5 Å². The molecule has 2 aromatic rings. The minimum atomic E-state index is -1.45. The molecule has 4 amide bonds. The van der Waals surface area contributed by atoms with Gasteiger partial charge in [-0.05, 0) is 24.6 Å². The van der Waals surface area contributed by atoms with Gasteiger partial charge in [-0.15, -0.1) is 0 Å². The van der Waals surface area contributed by atoms with Gasteiger partial charge in [-0.1, -0.05) is 48.6 Å². The van der Waals surface area contributed by atoms with Crippen LogP contribution in [0.3, 0.4) is 0 Å². The predicted octanol–water partition coefficient (Wildman–Crippen LogP) is 1.34. The molecule has 0 spiro atoms. The van der Waals surface area contributed by atoms with E-state index < -0.39 is 29.3 Å². The number of benzene rings is 1. The largest absolute Gasteiger partial charge is 0.325 e. The Hall–Kier alpha value is -3.81. The van der Waals surface area contributed by atoms with E-state index in [4.69, 9.17) is 0 Å². The Kier molecular flexibility index (Phi) is 4.88. The molecular weight excluding hydrogens is 420 g/mol. The van der Waals surface area contributed by atoms with Crippen LogP contribution in [0.25, 0.3) is 6.08 Å². The molecule has 3 fully saturated rings. The molecule has 8 heteroatoms. The smallest absolute Gasteiger partial charge is 0.249 e. The van der Waals surface area contributed by atoms with Crippen molar-refractivity contribution in [2.45, 2.75) is 25.0 Å². The van der Waals surface area contributed by atoms with Gasteiger partial charge in [0.15, 0.2) is 0 Å². The number of likely N-dealkylation sites (tertiary alicyclic amines) is 1. The van der Waals surface area contributed by atoms with Crippen molar-refractivity contribution in [1.82, 2.24) is 19.7 Å². The highest BCUT2D eigenvalue weighted by Gasteiger charge is 2.71. The Morgan fingerprint density at radius 3 is 2.45 bits per heavy atom. The van der Waals surface area contributed by atoms with Gasteiger partial charge in [0.1, 0.15) is 12.1 Å². The van der Waals surface area contributed by atoms with Crippen molar-refractivity contribution in [3.63, 3.8) is 0 Å². The number of rotatable bonds is 4. The van der Waals surface area contributed by atoms with Gasteiger partial charge < -0.3 is 9.80 Å². The monoisotopic (exact) mass is 444 g/mol. The zero-order valence-electron chi connectivity index (χ0n) is 18.4. The molecular formula is C25H24N4O4. The summed E-state index contributed by atoms with van der Waals surface area (Å²) in [6, 6.07) is 14.2. The van der Waals surface area contributed by atoms with E-state index in [2.05, 4.69) is 4.98 Å². The lowest BCUT2D eigenvalue weighted by Gasteiger charge is -2.46. The second kappa shape index (κ2) is 7.65. The van der Waals surface area contributed by atoms with Crippen LogP contribution in [0.2, 0.25) is 0 Å². The van der Waals surface area contributed by atoms with Crippen LogP contribution >= 0.6 is 0 Å². The first-order valence-corrected chi connectivity index (χ1v) is 10.9. The molecule has 0 unspecified atom stereocenters. The summed E-state index contributed by atoms with van der Waals surface area (Å²) < 4.78 is 0. The fourth-order valence-electron chi connectivity index (χ4n) is 5.48. The SMILES string of the molecule is CN1C(=O)[C@H]2[C@@H](/C=C/c3ccccc3)N3C(=O)CN(Cc4ccccn4)C(=O)[C@@]3(C)[C@H]2C1=O. The summed E-state index contributed by atoms with van der Waals surface area (Å²) in [7, 11) is 1.44. The molecule has 0 N–H and O–H groups in total. The maximum absolute atomic E-state index is 13.8. The fraction of sp³-hybridized carbons (Fsp3) is 0.320. The van der Waals surface area contributed by atoms with E-state index in [0.717, 1.165) is 10.5 Å². The average molecular weight is 444 g/mol. The molecule has 33 heavy (non-hydrogen) atoms. The third kappa shape index (κ3) is 3.08. The molecule has 1 aromatic carbocycles. The molecule has 0 saturated carbocycles. The third-order valence-corrected chi connectivity index (χ3v) is 7.02. The van der Waals surface area contributed by atoms with Crippen LogP contribution in [0.15, 0.2) is 60.8 Å². The molecule has 3 saturated heterocycles. The van der Waals surface area contributed by atoms with Crippen molar-refractivity contribution in [2.75, 3.05) is 13.6 Å². The Morgan fingerprint density at radius 2 is 1.76 bits per heavy atom. The van der Waals surface area contributed by atoms with E-state index in [0.29, 0.717) is 5.69 Å². The van der Waals surface area contributed by atoms with E-state index in [1.165, 1.54) is 16.8 Å². The van der Waals surface area contributed by atoms with Crippen LogP contribution in [0, 0.1) is 11.8 Å². The van der Waals surface area contributed by atoms with Crippen LogP contribution in [0.4, 0.5) is 0 Å². The van der Waals surface area contributed by atoms with Crippen molar-refractivity contribution in [3.8, 4) is 0 Å². The van der Waals surface area contributed by atoms with Gasteiger partial charge in [0.25, 0.3) is 0 Å². The topological polar surface area (TPSA) is 90.9 Å². The van der Waals surface area contributed by atoms with Gasteiger partial charge in [0.2, 0.25) is 23.6 Å². The molecule has 4 atom stereocenters. The molecule has 3 aliphatic heterocycles. The van der Waals surface area contributed by atoms with Crippen LogP contribution in [-0.2, 0) is 25.7 Å². The lowest BCUT2D eigenvalue weighted by Crippen LogP contribution is -2.68. The van der Waals surface area contributed by atoms with Crippen molar-refractivity contribution < 1.29 is 19.2 Å². The van der Waals surface area contributed by atoms with Gasteiger partial charge in [-0.3, -0.25) is 29.1 Å². The summed E-state index contributed by atoms with van der Waals surface area (Å²) in [5.74, 6) is -3.13. The normalized spacial score (nSPS) is 29.3. The molecule has 4 heterocycles. The molecule has 3 aliphatic rings. The molecule has 8 nitrogen and oxygen atoms in total. The van der Waals surface area contributed by atoms with E-state index >= 15 is 0 Å². The molecule has 168 valence electrons. The molecule has 5 rings (SSSR count). The number of nitrogens with zero attached hydrogens (tertiary/aromatic N) is 4. The summed E-state index contributed by atoms with van der Waals surface area (Å²) in [5.41, 5.74) is 0.106. The number of pyridine rings is 1. The Balaban J connectivity index is 1.56. The molecule has 0 aliphatic carbocycles.